The van der Waals surface area contributed by atoms with Crippen molar-refractivity contribution in [2.45, 2.75) is 6.54 Å². The Labute approximate surface area is 114 Å². The molecule has 0 saturated heterocycles. The fourth-order valence-corrected chi connectivity index (χ4v) is 1.89. The lowest BCUT2D eigenvalue weighted by Crippen LogP contribution is -2.23. The second-order valence-electron chi connectivity index (χ2n) is 3.50. The third kappa shape index (κ3) is 3.88. The Morgan fingerprint density at radius 3 is 2.95 bits per heavy atom. The topological polar surface area (TPSA) is 75.1 Å². The number of hydrogen-bond donors (Lipinski definition) is 2. The molecule has 0 aliphatic heterocycles. The van der Waals surface area contributed by atoms with Gasteiger partial charge in [-0.05, 0) is 12.1 Å². The number of carbonyl (C=O) groups is 1. The van der Waals surface area contributed by atoms with E-state index >= 15 is 0 Å². The quantitative estimate of drug-likeness (QED) is 0.812. The van der Waals surface area contributed by atoms with Crippen LogP contribution in [-0.2, 0) is 6.54 Å². The molecule has 1 amide bonds. The molecular weight excluding hydrogens is 262 g/mol. The zero-order valence-corrected chi connectivity index (χ0v) is 10.8. The fraction of sp³-hybridized carbons (Fsp3) is 0.154. The number of rotatable bonds is 3. The Morgan fingerprint density at radius 1 is 1.42 bits per heavy atom. The molecule has 0 aromatic carbocycles. The van der Waals surface area contributed by atoms with E-state index in [9.17, 15) is 4.79 Å². The first-order valence-electron chi connectivity index (χ1n) is 5.52. The fourth-order valence-electron chi connectivity index (χ4n) is 1.33. The van der Waals surface area contributed by atoms with Gasteiger partial charge in [0, 0.05) is 23.3 Å². The number of pyridine rings is 1. The maximum Gasteiger partial charge on any atom is 0.270 e. The number of thiazole rings is 1. The van der Waals surface area contributed by atoms with E-state index in [-0.39, 0.29) is 12.5 Å². The predicted molar refractivity (Wildman–Crippen MR) is 71.5 cm³/mol. The van der Waals surface area contributed by atoms with Crippen molar-refractivity contribution in [2.24, 2.45) is 0 Å². The molecule has 0 unspecified atom stereocenters. The van der Waals surface area contributed by atoms with Crippen LogP contribution in [0.3, 0.4) is 0 Å². The Kier molecular flexibility index (Phi) is 4.61. The van der Waals surface area contributed by atoms with E-state index in [1.807, 2.05) is 5.38 Å². The summed E-state index contributed by atoms with van der Waals surface area (Å²) in [6.45, 7) is 0.195. The molecule has 2 N–H and O–H groups in total. The lowest BCUT2D eigenvalue weighted by atomic mass is 10.2. The van der Waals surface area contributed by atoms with Crippen LogP contribution >= 0.6 is 11.3 Å². The van der Waals surface area contributed by atoms with Crippen LogP contribution in [0, 0.1) is 11.8 Å². The summed E-state index contributed by atoms with van der Waals surface area (Å²) in [5.74, 6) is 4.97. The molecule has 96 valence electrons. The van der Waals surface area contributed by atoms with Gasteiger partial charge in [0.05, 0.1) is 6.54 Å². The van der Waals surface area contributed by atoms with E-state index in [2.05, 4.69) is 27.1 Å². The average molecular weight is 273 g/mol. The Bertz CT molecular complexity index is 597. The van der Waals surface area contributed by atoms with Crippen molar-refractivity contribution in [3.05, 3.63) is 46.2 Å². The Hall–Kier alpha value is -2.23. The molecule has 0 saturated carbocycles. The summed E-state index contributed by atoms with van der Waals surface area (Å²) in [7, 11) is 0. The number of nitrogens with zero attached hydrogens (tertiary/aromatic N) is 2. The molecule has 2 aromatic heterocycles. The number of nitrogens with one attached hydrogen (secondary N) is 1. The van der Waals surface area contributed by atoms with Gasteiger partial charge in [-0.3, -0.25) is 4.79 Å². The molecule has 0 aliphatic rings. The van der Waals surface area contributed by atoms with Gasteiger partial charge in [0.25, 0.3) is 5.91 Å². The van der Waals surface area contributed by atoms with Crippen LogP contribution in [0.5, 0.6) is 0 Å². The van der Waals surface area contributed by atoms with Gasteiger partial charge in [-0.15, -0.1) is 11.3 Å². The van der Waals surface area contributed by atoms with Gasteiger partial charge in [0.15, 0.2) is 0 Å². The first-order valence-corrected chi connectivity index (χ1v) is 6.40. The molecule has 2 heterocycles. The van der Waals surface area contributed by atoms with Crippen LogP contribution in [0.4, 0.5) is 0 Å². The van der Waals surface area contributed by atoms with E-state index in [1.165, 1.54) is 17.5 Å². The number of amides is 1. The van der Waals surface area contributed by atoms with Crippen molar-refractivity contribution in [1.29, 1.82) is 0 Å². The van der Waals surface area contributed by atoms with Gasteiger partial charge in [-0.25, -0.2) is 9.97 Å². The van der Waals surface area contributed by atoms with E-state index < -0.39 is 0 Å². The normalized spacial score (nSPS) is 9.53. The lowest BCUT2D eigenvalue weighted by Gasteiger charge is -2.02. The van der Waals surface area contributed by atoms with Crippen LogP contribution in [0.2, 0.25) is 0 Å². The molecule has 2 rings (SSSR count). The summed E-state index contributed by atoms with van der Waals surface area (Å²) < 4.78 is 0. The van der Waals surface area contributed by atoms with E-state index in [0.717, 1.165) is 5.01 Å². The van der Waals surface area contributed by atoms with Crippen molar-refractivity contribution in [1.82, 2.24) is 15.3 Å². The highest BCUT2D eigenvalue weighted by Crippen LogP contribution is 2.04. The monoisotopic (exact) mass is 273 g/mol. The van der Waals surface area contributed by atoms with E-state index in [4.69, 9.17) is 5.11 Å². The average Bonchev–Trinajstić information content (AvgIpc) is 2.96. The van der Waals surface area contributed by atoms with E-state index in [0.29, 0.717) is 17.8 Å². The van der Waals surface area contributed by atoms with Crippen molar-refractivity contribution >= 4 is 17.2 Å². The maximum absolute atomic E-state index is 11.8. The minimum atomic E-state index is -0.253. The zero-order chi connectivity index (χ0) is 13.5. The number of hydrogen-bond acceptors (Lipinski definition) is 5. The smallest absolute Gasteiger partial charge is 0.270 e. The van der Waals surface area contributed by atoms with Gasteiger partial charge in [-0.1, -0.05) is 11.8 Å². The molecular formula is C13H11N3O2S. The molecule has 0 radical (unpaired) electrons. The number of aromatic nitrogens is 2. The van der Waals surface area contributed by atoms with Crippen LogP contribution in [0.15, 0.2) is 29.9 Å². The van der Waals surface area contributed by atoms with Crippen LogP contribution < -0.4 is 5.32 Å². The number of aliphatic hydroxyl groups excluding tert-OH is 1. The maximum atomic E-state index is 11.8. The molecule has 5 nitrogen and oxygen atoms in total. The van der Waals surface area contributed by atoms with Crippen LogP contribution in [0.1, 0.15) is 21.1 Å². The van der Waals surface area contributed by atoms with Gasteiger partial charge in [0.1, 0.15) is 17.3 Å². The minimum absolute atomic E-state index is 0.198. The number of aliphatic hydroxyl groups is 1. The van der Waals surface area contributed by atoms with Gasteiger partial charge >= 0.3 is 0 Å². The molecule has 0 atom stereocenters. The van der Waals surface area contributed by atoms with Crippen LogP contribution in [0.25, 0.3) is 0 Å². The molecule has 19 heavy (non-hydrogen) atoms. The summed E-state index contributed by atoms with van der Waals surface area (Å²) in [5.41, 5.74) is 0.983. The highest BCUT2D eigenvalue weighted by Gasteiger charge is 2.07. The van der Waals surface area contributed by atoms with Crippen LogP contribution in [-0.4, -0.2) is 27.6 Å². The molecule has 0 fully saturated rings. The van der Waals surface area contributed by atoms with Crippen molar-refractivity contribution in [2.75, 3.05) is 6.61 Å². The highest BCUT2D eigenvalue weighted by molar-refractivity contribution is 7.09. The minimum Gasteiger partial charge on any atom is -0.384 e. The molecule has 2 aromatic rings. The predicted octanol–water partition coefficient (Wildman–Crippen LogP) is 0.812. The largest absolute Gasteiger partial charge is 0.384 e. The SMILES string of the molecule is O=C(NCc1nccs1)c1ccc(C#CCO)cn1. The van der Waals surface area contributed by atoms with Gasteiger partial charge < -0.3 is 10.4 Å². The summed E-state index contributed by atoms with van der Waals surface area (Å²) in [6.07, 6.45) is 3.19. The first kappa shape index (κ1) is 13.2. The van der Waals surface area contributed by atoms with E-state index in [1.54, 1.807) is 18.3 Å². The Morgan fingerprint density at radius 2 is 2.32 bits per heavy atom. The molecule has 0 aliphatic carbocycles. The third-order valence-corrected chi connectivity index (χ3v) is 2.97. The molecule has 0 bridgehead atoms. The second kappa shape index (κ2) is 6.64. The summed E-state index contributed by atoms with van der Waals surface area (Å²) >= 11 is 1.48. The van der Waals surface area contributed by atoms with Gasteiger partial charge in [0.2, 0.25) is 0 Å². The number of carbonyl (C=O) groups excluding carboxylic acids is 1. The van der Waals surface area contributed by atoms with Crippen molar-refractivity contribution < 1.29 is 9.90 Å². The third-order valence-electron chi connectivity index (χ3n) is 2.19. The molecule has 6 heteroatoms. The standard InChI is InChI=1S/C13H11N3O2S/c17-6-1-2-10-3-4-11(15-8-10)13(18)16-9-12-14-5-7-19-12/h3-5,7-8,17H,6,9H2,(H,16,18). The summed E-state index contributed by atoms with van der Waals surface area (Å²) in [5, 5.41) is 14.0. The van der Waals surface area contributed by atoms with Gasteiger partial charge in [-0.2, -0.15) is 0 Å². The Balaban J connectivity index is 1.95. The summed E-state index contributed by atoms with van der Waals surface area (Å²) in [4.78, 5) is 19.9. The summed E-state index contributed by atoms with van der Waals surface area (Å²) in [6, 6.07) is 3.28. The lowest BCUT2D eigenvalue weighted by molar-refractivity contribution is 0.0946. The first-order chi connectivity index (χ1) is 9.29. The zero-order valence-electron chi connectivity index (χ0n) is 9.96. The molecule has 0 spiro atoms. The van der Waals surface area contributed by atoms with Crippen molar-refractivity contribution in [3.8, 4) is 11.8 Å². The second-order valence-corrected chi connectivity index (χ2v) is 4.48. The van der Waals surface area contributed by atoms with Crippen molar-refractivity contribution in [3.63, 3.8) is 0 Å². The highest BCUT2D eigenvalue weighted by atomic mass is 32.1.